The summed E-state index contributed by atoms with van der Waals surface area (Å²) in [5.74, 6) is 0.498. The van der Waals surface area contributed by atoms with E-state index in [2.05, 4.69) is 0 Å². The predicted molar refractivity (Wildman–Crippen MR) is 63.6 cm³/mol. The van der Waals surface area contributed by atoms with Crippen molar-refractivity contribution in [3.05, 3.63) is 0 Å². The molecule has 0 amide bonds. The Kier molecular flexibility index (Phi) is 5.17. The van der Waals surface area contributed by atoms with Crippen molar-refractivity contribution >= 4 is 10.0 Å². The van der Waals surface area contributed by atoms with Crippen LogP contribution in [0.2, 0.25) is 0 Å². The van der Waals surface area contributed by atoms with Crippen LogP contribution in [0.5, 0.6) is 0 Å². The topological polar surface area (TPSA) is 72.6 Å². The molecule has 5 nitrogen and oxygen atoms in total. The lowest BCUT2D eigenvalue weighted by molar-refractivity contribution is 0.162. The molecule has 6 heteroatoms. The lowest BCUT2D eigenvalue weighted by Gasteiger charge is -2.26. The Morgan fingerprint density at radius 2 is 2.12 bits per heavy atom. The molecule has 1 aliphatic rings. The lowest BCUT2D eigenvalue weighted by Crippen LogP contribution is -2.44. The number of hydrogen-bond donors (Lipinski definition) is 1. The number of rotatable bonds is 8. The molecule has 96 valence electrons. The van der Waals surface area contributed by atoms with Crippen molar-refractivity contribution in [1.29, 1.82) is 0 Å². The molecule has 0 aliphatic heterocycles. The summed E-state index contributed by atoms with van der Waals surface area (Å²) in [6, 6.07) is -0.0355. The van der Waals surface area contributed by atoms with Crippen LogP contribution in [0.3, 0.4) is 0 Å². The highest BCUT2D eigenvalue weighted by molar-refractivity contribution is 7.89. The average molecular weight is 250 g/mol. The van der Waals surface area contributed by atoms with Crippen molar-refractivity contribution in [1.82, 2.24) is 4.31 Å². The molecule has 1 fully saturated rings. The molecule has 1 rings (SSSR count). The molecule has 0 radical (unpaired) electrons. The monoisotopic (exact) mass is 250 g/mol. The molecule has 1 atom stereocenters. The number of nitrogens with zero attached hydrogens (tertiary/aromatic N) is 1. The second-order valence-electron chi connectivity index (χ2n) is 4.17. The molecule has 0 saturated heterocycles. The normalized spacial score (nSPS) is 19.0. The van der Waals surface area contributed by atoms with E-state index in [1.807, 2.05) is 6.92 Å². The van der Waals surface area contributed by atoms with Gasteiger partial charge in [0.2, 0.25) is 10.0 Å². The highest BCUT2D eigenvalue weighted by Crippen LogP contribution is 2.35. The summed E-state index contributed by atoms with van der Waals surface area (Å²) in [4.78, 5) is 0. The summed E-state index contributed by atoms with van der Waals surface area (Å²) in [6.45, 7) is 3.05. The van der Waals surface area contributed by atoms with Gasteiger partial charge in [-0.15, -0.1) is 0 Å². The molecule has 0 bridgehead atoms. The Hall–Kier alpha value is -0.170. The van der Waals surface area contributed by atoms with Crippen molar-refractivity contribution < 1.29 is 13.2 Å². The summed E-state index contributed by atoms with van der Waals surface area (Å²) in [6.07, 6.45) is 2.18. The minimum Gasteiger partial charge on any atom is -0.381 e. The van der Waals surface area contributed by atoms with Crippen LogP contribution in [0.1, 0.15) is 19.8 Å². The van der Waals surface area contributed by atoms with E-state index in [-0.39, 0.29) is 18.4 Å². The highest BCUT2D eigenvalue weighted by atomic mass is 32.2. The molecule has 16 heavy (non-hydrogen) atoms. The number of nitrogens with two attached hydrogens (primary N) is 1. The van der Waals surface area contributed by atoms with E-state index in [0.29, 0.717) is 19.1 Å². The maximum atomic E-state index is 11.9. The Morgan fingerprint density at radius 1 is 1.50 bits per heavy atom. The smallest absolute Gasteiger partial charge is 0.216 e. The fourth-order valence-corrected chi connectivity index (χ4v) is 3.06. The number of likely N-dealkylation sites (N-methyl/N-ethyl adjacent to an activating group) is 1. The third-order valence-electron chi connectivity index (χ3n) is 3.00. The van der Waals surface area contributed by atoms with E-state index in [9.17, 15) is 8.42 Å². The standard InChI is InChI=1S/C10H22N2O3S/c1-3-15-6-7-16(13,14)12(2)10(8-11)9-4-5-9/h9-10H,3-8,11H2,1-2H3. The first-order chi connectivity index (χ1) is 7.53. The molecule has 1 aliphatic carbocycles. The van der Waals surface area contributed by atoms with Gasteiger partial charge in [0.05, 0.1) is 12.4 Å². The second-order valence-corrected chi connectivity index (χ2v) is 6.32. The van der Waals surface area contributed by atoms with E-state index in [1.165, 1.54) is 4.31 Å². The maximum absolute atomic E-state index is 11.9. The number of hydrogen-bond acceptors (Lipinski definition) is 4. The number of sulfonamides is 1. The zero-order chi connectivity index (χ0) is 12.2. The fourth-order valence-electron chi connectivity index (χ4n) is 1.78. The van der Waals surface area contributed by atoms with Crippen LogP contribution in [0.25, 0.3) is 0 Å². The van der Waals surface area contributed by atoms with Gasteiger partial charge in [-0.2, -0.15) is 0 Å². The van der Waals surface area contributed by atoms with Gasteiger partial charge >= 0.3 is 0 Å². The van der Waals surface area contributed by atoms with Crippen LogP contribution in [-0.2, 0) is 14.8 Å². The van der Waals surface area contributed by atoms with E-state index >= 15 is 0 Å². The quantitative estimate of drug-likeness (QED) is 0.617. The van der Waals surface area contributed by atoms with Crippen LogP contribution in [0.15, 0.2) is 0 Å². The van der Waals surface area contributed by atoms with Gasteiger partial charge in [-0.05, 0) is 25.7 Å². The minimum absolute atomic E-state index is 0.0355. The summed E-state index contributed by atoms with van der Waals surface area (Å²) < 4.78 is 30.4. The summed E-state index contributed by atoms with van der Waals surface area (Å²) in [7, 11) is -1.60. The predicted octanol–water partition coefficient (Wildman–Crippen LogP) is 0.0218. The van der Waals surface area contributed by atoms with E-state index < -0.39 is 10.0 Å². The number of ether oxygens (including phenoxy) is 1. The maximum Gasteiger partial charge on any atom is 0.216 e. The van der Waals surface area contributed by atoms with Gasteiger partial charge in [-0.1, -0.05) is 0 Å². The molecule has 0 heterocycles. The fraction of sp³-hybridized carbons (Fsp3) is 1.00. The molecule has 0 aromatic carbocycles. The zero-order valence-electron chi connectivity index (χ0n) is 10.1. The van der Waals surface area contributed by atoms with Crippen molar-refractivity contribution in [3.63, 3.8) is 0 Å². The van der Waals surface area contributed by atoms with E-state index in [1.54, 1.807) is 7.05 Å². The third-order valence-corrected chi connectivity index (χ3v) is 4.83. The van der Waals surface area contributed by atoms with Crippen LogP contribution in [-0.4, -0.2) is 51.3 Å². The van der Waals surface area contributed by atoms with E-state index in [0.717, 1.165) is 12.8 Å². The summed E-state index contributed by atoms with van der Waals surface area (Å²) >= 11 is 0. The van der Waals surface area contributed by atoms with Gasteiger partial charge in [0.1, 0.15) is 0 Å². The van der Waals surface area contributed by atoms with Gasteiger partial charge in [0, 0.05) is 26.2 Å². The molecule has 0 aromatic heterocycles. The molecular weight excluding hydrogens is 228 g/mol. The molecule has 1 unspecified atom stereocenters. The Morgan fingerprint density at radius 3 is 2.56 bits per heavy atom. The minimum atomic E-state index is -3.22. The van der Waals surface area contributed by atoms with Crippen LogP contribution >= 0.6 is 0 Å². The van der Waals surface area contributed by atoms with Gasteiger partial charge in [-0.25, -0.2) is 12.7 Å². The largest absolute Gasteiger partial charge is 0.381 e. The highest BCUT2D eigenvalue weighted by Gasteiger charge is 2.37. The second kappa shape index (κ2) is 5.95. The SMILES string of the molecule is CCOCCS(=O)(=O)N(C)C(CN)C1CC1. The Labute approximate surface area is 98.0 Å². The average Bonchev–Trinajstić information content (AvgIpc) is 3.03. The molecule has 1 saturated carbocycles. The first-order valence-corrected chi connectivity index (χ1v) is 7.37. The molecule has 0 spiro atoms. The van der Waals surface area contributed by atoms with Gasteiger partial charge in [0.15, 0.2) is 0 Å². The third kappa shape index (κ3) is 3.69. The van der Waals surface area contributed by atoms with Crippen molar-refractivity contribution in [2.75, 3.05) is 32.6 Å². The summed E-state index contributed by atoms with van der Waals surface area (Å²) in [5, 5.41) is 0. The molecule has 0 aromatic rings. The van der Waals surface area contributed by atoms with Gasteiger partial charge < -0.3 is 10.5 Å². The molecule has 2 N–H and O–H groups in total. The lowest BCUT2D eigenvalue weighted by atomic mass is 10.2. The van der Waals surface area contributed by atoms with Gasteiger partial charge in [-0.3, -0.25) is 0 Å². The Bertz CT molecular complexity index is 301. The van der Waals surface area contributed by atoms with Crippen molar-refractivity contribution in [2.45, 2.75) is 25.8 Å². The molecular formula is C10H22N2O3S. The Balaban J connectivity index is 2.52. The first kappa shape index (κ1) is 13.9. The van der Waals surface area contributed by atoms with E-state index in [4.69, 9.17) is 10.5 Å². The van der Waals surface area contributed by atoms with Crippen molar-refractivity contribution in [3.8, 4) is 0 Å². The van der Waals surface area contributed by atoms with Crippen molar-refractivity contribution in [2.24, 2.45) is 11.7 Å². The van der Waals surface area contributed by atoms with Crippen LogP contribution in [0, 0.1) is 5.92 Å². The summed E-state index contributed by atoms with van der Waals surface area (Å²) in [5.41, 5.74) is 5.63. The zero-order valence-corrected chi connectivity index (χ0v) is 10.9. The first-order valence-electron chi connectivity index (χ1n) is 5.76. The van der Waals surface area contributed by atoms with Gasteiger partial charge in [0.25, 0.3) is 0 Å². The van der Waals surface area contributed by atoms with Crippen LogP contribution in [0.4, 0.5) is 0 Å². The van der Waals surface area contributed by atoms with Crippen LogP contribution < -0.4 is 5.73 Å².